The molecule has 0 saturated carbocycles. The van der Waals surface area contributed by atoms with Crippen molar-refractivity contribution in [3.63, 3.8) is 0 Å². The number of benzene rings is 3. The molecule has 1 N–H and O–H groups in total. The van der Waals surface area contributed by atoms with Gasteiger partial charge in [0.15, 0.2) is 0 Å². The number of carboxylic acid groups (broad SMARTS) is 1. The Bertz CT molecular complexity index is 1160. The van der Waals surface area contributed by atoms with E-state index in [2.05, 4.69) is 4.74 Å². The van der Waals surface area contributed by atoms with E-state index in [9.17, 15) is 22.4 Å². The Labute approximate surface area is 193 Å². The van der Waals surface area contributed by atoms with Gasteiger partial charge in [0.2, 0.25) is 0 Å². The fraction of sp³-hybridized carbons (Fsp3) is 0.240. The van der Waals surface area contributed by atoms with E-state index in [1.807, 2.05) is 0 Å². The summed E-state index contributed by atoms with van der Waals surface area (Å²) < 4.78 is 68.5. The highest BCUT2D eigenvalue weighted by Crippen LogP contribution is 2.37. The number of methoxy groups -OCH3 is 1. The average Bonchev–Trinajstić information content (AvgIpc) is 2.77. The molecule has 0 aliphatic rings. The molecular formula is C25H22F4O5. The third kappa shape index (κ3) is 6.63. The topological polar surface area (TPSA) is 65.0 Å². The van der Waals surface area contributed by atoms with Crippen molar-refractivity contribution in [3.8, 4) is 28.4 Å². The molecule has 0 aromatic heterocycles. The van der Waals surface area contributed by atoms with E-state index in [0.717, 1.165) is 17.7 Å². The average molecular weight is 478 g/mol. The summed E-state index contributed by atoms with van der Waals surface area (Å²) in [6.07, 6.45) is -5.04. The Morgan fingerprint density at radius 2 is 1.76 bits per heavy atom. The fourth-order valence-electron chi connectivity index (χ4n) is 3.38. The molecule has 3 rings (SSSR count). The summed E-state index contributed by atoms with van der Waals surface area (Å²) >= 11 is 0. The molecule has 0 aliphatic heterocycles. The highest BCUT2D eigenvalue weighted by molar-refractivity contribution is 5.72. The first kappa shape index (κ1) is 24.9. The number of carbonyl (C=O) groups is 1. The summed E-state index contributed by atoms with van der Waals surface area (Å²) in [5.41, 5.74) is 0.910. The molecular weight excluding hydrogens is 456 g/mol. The summed E-state index contributed by atoms with van der Waals surface area (Å²) in [5, 5.41) is 8.97. The second kappa shape index (κ2) is 10.5. The van der Waals surface area contributed by atoms with Crippen LogP contribution >= 0.6 is 0 Å². The lowest BCUT2D eigenvalue weighted by atomic mass is 9.98. The van der Waals surface area contributed by atoms with Crippen LogP contribution in [0.5, 0.6) is 17.2 Å². The zero-order valence-corrected chi connectivity index (χ0v) is 18.4. The largest absolute Gasteiger partial charge is 0.573 e. The van der Waals surface area contributed by atoms with Crippen molar-refractivity contribution in [2.75, 3.05) is 7.11 Å². The molecule has 1 unspecified atom stereocenters. The van der Waals surface area contributed by atoms with Gasteiger partial charge in [0.05, 0.1) is 13.5 Å². The minimum atomic E-state index is -4.99. The Hall–Kier alpha value is -3.75. The first-order valence-corrected chi connectivity index (χ1v) is 10.2. The van der Waals surface area contributed by atoms with Crippen molar-refractivity contribution in [1.29, 1.82) is 0 Å². The normalized spacial score (nSPS) is 12.2. The van der Waals surface area contributed by atoms with E-state index in [0.29, 0.717) is 11.3 Å². The van der Waals surface area contributed by atoms with Gasteiger partial charge in [-0.05, 0) is 53.4 Å². The minimum absolute atomic E-state index is 0.0517. The molecule has 0 saturated heterocycles. The van der Waals surface area contributed by atoms with E-state index in [1.165, 1.54) is 31.4 Å². The monoisotopic (exact) mass is 478 g/mol. The van der Waals surface area contributed by atoms with Crippen molar-refractivity contribution in [1.82, 2.24) is 0 Å². The number of rotatable bonds is 9. The van der Waals surface area contributed by atoms with E-state index in [1.54, 1.807) is 31.2 Å². The van der Waals surface area contributed by atoms with Crippen LogP contribution in [0.25, 0.3) is 11.1 Å². The fourth-order valence-corrected chi connectivity index (χ4v) is 3.38. The lowest BCUT2D eigenvalue weighted by molar-refractivity contribution is -0.274. The molecule has 0 amide bonds. The quantitative estimate of drug-likeness (QED) is 0.353. The molecule has 3 aromatic rings. The van der Waals surface area contributed by atoms with Gasteiger partial charge in [0, 0.05) is 11.1 Å². The van der Waals surface area contributed by atoms with Crippen LogP contribution in [0.1, 0.15) is 30.4 Å². The second-order valence-electron chi connectivity index (χ2n) is 7.58. The van der Waals surface area contributed by atoms with E-state index >= 15 is 0 Å². The molecule has 9 heteroatoms. The summed E-state index contributed by atoms with van der Waals surface area (Å²) in [6.45, 7) is 1.68. The highest BCUT2D eigenvalue weighted by Gasteiger charge is 2.32. The molecule has 0 bridgehead atoms. The van der Waals surface area contributed by atoms with Crippen molar-refractivity contribution in [3.05, 3.63) is 77.6 Å². The first-order chi connectivity index (χ1) is 16.1. The van der Waals surface area contributed by atoms with Crippen molar-refractivity contribution in [2.24, 2.45) is 0 Å². The number of aliphatic carboxylic acids is 1. The Morgan fingerprint density at radius 3 is 2.44 bits per heavy atom. The summed E-state index contributed by atoms with van der Waals surface area (Å²) in [5.74, 6) is -1.78. The van der Waals surface area contributed by atoms with Gasteiger partial charge in [0.25, 0.3) is 0 Å². The molecule has 0 aliphatic carbocycles. The standard InChI is InChI=1S/C25H22F4O5/c1-15(10-24(30)31)17-4-3-5-19(12-17)33-14-16-6-8-20(23(11-16)34-25(27,28)29)21-13-18(32-2)7-9-22(21)26/h3-9,11-13,15H,10,14H2,1-2H3,(H,30,31). The van der Waals surface area contributed by atoms with Crippen LogP contribution in [0.3, 0.4) is 0 Å². The number of halogens is 4. The van der Waals surface area contributed by atoms with Crippen LogP contribution in [-0.2, 0) is 11.4 Å². The molecule has 5 nitrogen and oxygen atoms in total. The molecule has 0 spiro atoms. The number of carboxylic acids is 1. The summed E-state index contributed by atoms with van der Waals surface area (Å²) in [7, 11) is 1.36. The van der Waals surface area contributed by atoms with Gasteiger partial charge in [-0.2, -0.15) is 0 Å². The maximum Gasteiger partial charge on any atom is 0.573 e. The number of hydrogen-bond acceptors (Lipinski definition) is 4. The number of ether oxygens (including phenoxy) is 3. The Morgan fingerprint density at radius 1 is 1.00 bits per heavy atom. The van der Waals surface area contributed by atoms with Crippen molar-refractivity contribution in [2.45, 2.75) is 32.2 Å². The third-order valence-electron chi connectivity index (χ3n) is 5.05. The lowest BCUT2D eigenvalue weighted by Crippen LogP contribution is -2.18. The van der Waals surface area contributed by atoms with Gasteiger partial charge in [-0.25, -0.2) is 4.39 Å². The van der Waals surface area contributed by atoms with E-state index < -0.39 is 23.9 Å². The molecule has 0 heterocycles. The zero-order valence-electron chi connectivity index (χ0n) is 18.4. The molecule has 34 heavy (non-hydrogen) atoms. The lowest BCUT2D eigenvalue weighted by Gasteiger charge is -2.16. The SMILES string of the molecule is COc1ccc(F)c(-c2ccc(COc3cccc(C(C)CC(=O)O)c3)cc2OC(F)(F)F)c1. The predicted molar refractivity (Wildman–Crippen MR) is 117 cm³/mol. The summed E-state index contributed by atoms with van der Waals surface area (Å²) in [6, 6.07) is 14.5. The minimum Gasteiger partial charge on any atom is -0.497 e. The van der Waals surface area contributed by atoms with Crippen LogP contribution in [0.15, 0.2) is 60.7 Å². The second-order valence-corrected chi connectivity index (χ2v) is 7.58. The van der Waals surface area contributed by atoms with E-state index in [4.69, 9.17) is 14.6 Å². The first-order valence-electron chi connectivity index (χ1n) is 10.2. The molecule has 1 atom stereocenters. The maximum absolute atomic E-state index is 14.4. The van der Waals surface area contributed by atoms with Crippen molar-refractivity contribution < 1.29 is 41.7 Å². The van der Waals surface area contributed by atoms with Gasteiger partial charge in [-0.1, -0.05) is 31.2 Å². The van der Waals surface area contributed by atoms with Crippen LogP contribution in [0.4, 0.5) is 17.6 Å². The number of hydrogen-bond donors (Lipinski definition) is 1. The third-order valence-corrected chi connectivity index (χ3v) is 5.05. The molecule has 0 fully saturated rings. The highest BCUT2D eigenvalue weighted by atomic mass is 19.4. The van der Waals surface area contributed by atoms with Gasteiger partial charge >= 0.3 is 12.3 Å². The summed E-state index contributed by atoms with van der Waals surface area (Å²) in [4.78, 5) is 10.9. The molecule has 0 radical (unpaired) electrons. The zero-order chi connectivity index (χ0) is 24.9. The molecule has 180 valence electrons. The van der Waals surface area contributed by atoms with Gasteiger partial charge in [0.1, 0.15) is 29.7 Å². The van der Waals surface area contributed by atoms with Crippen LogP contribution in [0.2, 0.25) is 0 Å². The van der Waals surface area contributed by atoms with Crippen molar-refractivity contribution >= 4 is 5.97 Å². The van der Waals surface area contributed by atoms with Crippen LogP contribution < -0.4 is 14.2 Å². The Balaban J connectivity index is 1.87. The van der Waals surface area contributed by atoms with Gasteiger partial charge in [-0.15, -0.1) is 13.2 Å². The van der Waals surface area contributed by atoms with E-state index in [-0.39, 0.29) is 35.8 Å². The number of alkyl halides is 3. The van der Waals surface area contributed by atoms with Gasteiger partial charge in [-0.3, -0.25) is 4.79 Å². The van der Waals surface area contributed by atoms with Crippen LogP contribution in [0, 0.1) is 5.82 Å². The smallest absolute Gasteiger partial charge is 0.497 e. The van der Waals surface area contributed by atoms with Gasteiger partial charge < -0.3 is 19.3 Å². The molecule has 3 aromatic carbocycles. The predicted octanol–water partition coefficient (Wildman–Crippen LogP) is 6.56. The maximum atomic E-state index is 14.4. The van der Waals surface area contributed by atoms with Crippen LogP contribution in [-0.4, -0.2) is 24.5 Å². The Kier molecular flexibility index (Phi) is 7.65.